The molecule has 1 aliphatic rings. The van der Waals surface area contributed by atoms with E-state index < -0.39 is 0 Å². The molecule has 94 valence electrons. The molecule has 17 heavy (non-hydrogen) atoms. The Morgan fingerprint density at radius 3 is 2.76 bits per heavy atom. The summed E-state index contributed by atoms with van der Waals surface area (Å²) >= 11 is 0. The third-order valence-corrected chi connectivity index (χ3v) is 4.10. The molecule has 2 nitrogen and oxygen atoms in total. The minimum atomic E-state index is 0.418. The summed E-state index contributed by atoms with van der Waals surface area (Å²) in [5.74, 6) is 0. The van der Waals surface area contributed by atoms with Crippen LogP contribution in [0.5, 0.6) is 0 Å². The third-order valence-electron chi connectivity index (χ3n) is 4.10. The highest BCUT2D eigenvalue weighted by molar-refractivity contribution is 5.46. The van der Waals surface area contributed by atoms with Crippen molar-refractivity contribution >= 4 is 5.69 Å². The minimum Gasteiger partial charge on any atom is -0.398 e. The second kappa shape index (κ2) is 5.09. The van der Waals surface area contributed by atoms with E-state index in [-0.39, 0.29) is 0 Å². The Hall–Kier alpha value is -1.02. The lowest BCUT2D eigenvalue weighted by molar-refractivity contribution is 0.167. The zero-order chi connectivity index (χ0) is 12.3. The molecule has 1 aromatic rings. The van der Waals surface area contributed by atoms with Crippen molar-refractivity contribution in [2.75, 3.05) is 5.73 Å². The van der Waals surface area contributed by atoms with Gasteiger partial charge in [0.05, 0.1) is 0 Å². The first-order valence-corrected chi connectivity index (χ1v) is 6.66. The first kappa shape index (κ1) is 12.4. The summed E-state index contributed by atoms with van der Waals surface area (Å²) in [7, 11) is 0. The first-order valence-electron chi connectivity index (χ1n) is 6.66. The second-order valence-corrected chi connectivity index (χ2v) is 5.87. The van der Waals surface area contributed by atoms with Gasteiger partial charge in [0.1, 0.15) is 0 Å². The average Bonchev–Trinajstić information content (AvgIpc) is 2.29. The lowest BCUT2D eigenvalue weighted by Crippen LogP contribution is -2.43. The van der Waals surface area contributed by atoms with Crippen LogP contribution in [0.3, 0.4) is 0 Å². The van der Waals surface area contributed by atoms with Gasteiger partial charge in [-0.25, -0.2) is 0 Å². The molecule has 0 aliphatic heterocycles. The van der Waals surface area contributed by atoms with Crippen molar-refractivity contribution < 1.29 is 0 Å². The highest BCUT2D eigenvalue weighted by Crippen LogP contribution is 2.35. The highest BCUT2D eigenvalue weighted by Gasteiger charge is 2.31. The molecule has 0 saturated heterocycles. The number of hydrogen-bond acceptors (Lipinski definition) is 2. The van der Waals surface area contributed by atoms with Gasteiger partial charge < -0.3 is 11.1 Å². The van der Waals surface area contributed by atoms with E-state index in [0.29, 0.717) is 11.5 Å². The summed E-state index contributed by atoms with van der Waals surface area (Å²) in [5, 5.41) is 3.69. The van der Waals surface area contributed by atoms with Crippen LogP contribution in [0.2, 0.25) is 0 Å². The number of benzene rings is 1. The molecule has 0 bridgehead atoms. The molecule has 2 rings (SSSR count). The fraction of sp³-hybridized carbons (Fsp3) is 0.600. The van der Waals surface area contributed by atoms with Gasteiger partial charge in [-0.15, -0.1) is 0 Å². The molecule has 0 heterocycles. The summed E-state index contributed by atoms with van der Waals surface area (Å²) in [4.78, 5) is 0. The summed E-state index contributed by atoms with van der Waals surface area (Å²) in [6, 6.07) is 8.75. The molecule has 1 aromatic carbocycles. The van der Waals surface area contributed by atoms with Crippen molar-refractivity contribution in [3.8, 4) is 0 Å². The van der Waals surface area contributed by atoms with Crippen LogP contribution in [0.25, 0.3) is 0 Å². The van der Waals surface area contributed by atoms with Crippen molar-refractivity contribution in [1.29, 1.82) is 0 Å². The fourth-order valence-electron chi connectivity index (χ4n) is 2.80. The van der Waals surface area contributed by atoms with Gasteiger partial charge >= 0.3 is 0 Å². The number of nitrogens with two attached hydrogens (primary N) is 1. The molecule has 3 N–H and O–H groups in total. The zero-order valence-electron chi connectivity index (χ0n) is 11.0. The quantitative estimate of drug-likeness (QED) is 0.785. The molecule has 1 saturated carbocycles. The van der Waals surface area contributed by atoms with E-state index in [4.69, 9.17) is 5.73 Å². The normalized spacial score (nSPS) is 23.5. The standard InChI is InChI=1S/C15H24N2/c1-15(2)10-6-5-9-14(15)17-11-12-7-3-4-8-13(12)16/h3-4,7-8,14,17H,5-6,9-11,16H2,1-2H3. The van der Waals surface area contributed by atoms with Gasteiger partial charge in [-0.05, 0) is 29.9 Å². The van der Waals surface area contributed by atoms with E-state index in [9.17, 15) is 0 Å². The fourth-order valence-corrected chi connectivity index (χ4v) is 2.80. The molecule has 0 radical (unpaired) electrons. The first-order chi connectivity index (χ1) is 8.09. The highest BCUT2D eigenvalue weighted by atomic mass is 14.9. The van der Waals surface area contributed by atoms with Crippen molar-refractivity contribution in [1.82, 2.24) is 5.32 Å². The maximum atomic E-state index is 5.96. The van der Waals surface area contributed by atoms with Crippen LogP contribution in [-0.2, 0) is 6.54 Å². The lowest BCUT2D eigenvalue weighted by Gasteiger charge is -2.39. The van der Waals surface area contributed by atoms with Crippen molar-refractivity contribution in [2.45, 2.75) is 52.1 Å². The number of nitrogens with one attached hydrogen (secondary N) is 1. The number of nitrogen functional groups attached to an aromatic ring is 1. The molecule has 0 aromatic heterocycles. The smallest absolute Gasteiger partial charge is 0.0359 e. The van der Waals surface area contributed by atoms with Crippen LogP contribution in [-0.4, -0.2) is 6.04 Å². The van der Waals surface area contributed by atoms with Gasteiger partial charge in [0.25, 0.3) is 0 Å². The van der Waals surface area contributed by atoms with E-state index >= 15 is 0 Å². The van der Waals surface area contributed by atoms with Gasteiger partial charge in [0.2, 0.25) is 0 Å². The molecule has 1 atom stereocenters. The number of rotatable bonds is 3. The second-order valence-electron chi connectivity index (χ2n) is 5.87. The van der Waals surface area contributed by atoms with Crippen molar-refractivity contribution in [3.63, 3.8) is 0 Å². The van der Waals surface area contributed by atoms with Crippen molar-refractivity contribution in [3.05, 3.63) is 29.8 Å². The third kappa shape index (κ3) is 3.01. The predicted molar refractivity (Wildman–Crippen MR) is 73.7 cm³/mol. The van der Waals surface area contributed by atoms with E-state index in [1.807, 2.05) is 12.1 Å². The summed E-state index contributed by atoms with van der Waals surface area (Å²) < 4.78 is 0. The Kier molecular flexibility index (Phi) is 3.72. The Morgan fingerprint density at radius 2 is 2.06 bits per heavy atom. The van der Waals surface area contributed by atoms with E-state index in [2.05, 4.69) is 31.3 Å². The summed E-state index contributed by atoms with van der Waals surface area (Å²) in [6.45, 7) is 5.64. The minimum absolute atomic E-state index is 0.418. The lowest BCUT2D eigenvalue weighted by atomic mass is 9.73. The topological polar surface area (TPSA) is 38.0 Å². The molecular formula is C15H24N2. The maximum Gasteiger partial charge on any atom is 0.0359 e. The molecular weight excluding hydrogens is 208 g/mol. The van der Waals surface area contributed by atoms with Crippen LogP contribution in [0.1, 0.15) is 45.1 Å². The molecule has 0 amide bonds. The van der Waals surface area contributed by atoms with Gasteiger partial charge in [0.15, 0.2) is 0 Å². The SMILES string of the molecule is CC1(C)CCCCC1NCc1ccccc1N. The number of anilines is 1. The molecule has 2 heteroatoms. The average molecular weight is 232 g/mol. The summed E-state index contributed by atoms with van der Waals surface area (Å²) in [5.41, 5.74) is 8.50. The maximum absolute atomic E-state index is 5.96. The molecule has 1 fully saturated rings. The molecule has 0 spiro atoms. The van der Waals surface area contributed by atoms with Crippen LogP contribution in [0, 0.1) is 5.41 Å². The van der Waals surface area contributed by atoms with Crippen LogP contribution < -0.4 is 11.1 Å². The number of para-hydroxylation sites is 1. The van der Waals surface area contributed by atoms with Gasteiger partial charge in [-0.1, -0.05) is 44.9 Å². The Morgan fingerprint density at radius 1 is 1.29 bits per heavy atom. The monoisotopic (exact) mass is 232 g/mol. The largest absolute Gasteiger partial charge is 0.398 e. The Balaban J connectivity index is 1.96. The Bertz CT molecular complexity index is 371. The van der Waals surface area contributed by atoms with Gasteiger partial charge in [-0.2, -0.15) is 0 Å². The van der Waals surface area contributed by atoms with E-state index in [1.165, 1.54) is 31.2 Å². The molecule has 1 aliphatic carbocycles. The van der Waals surface area contributed by atoms with Gasteiger partial charge in [0, 0.05) is 18.3 Å². The summed E-state index contributed by atoms with van der Waals surface area (Å²) in [6.07, 6.45) is 5.35. The Labute approximate surface area is 105 Å². The van der Waals surface area contributed by atoms with E-state index in [1.54, 1.807) is 0 Å². The predicted octanol–water partition coefficient (Wildman–Crippen LogP) is 3.33. The van der Waals surface area contributed by atoms with Crippen molar-refractivity contribution in [2.24, 2.45) is 5.41 Å². The van der Waals surface area contributed by atoms with Crippen LogP contribution in [0.15, 0.2) is 24.3 Å². The van der Waals surface area contributed by atoms with Crippen LogP contribution >= 0.6 is 0 Å². The number of hydrogen-bond donors (Lipinski definition) is 2. The molecule has 1 unspecified atom stereocenters. The van der Waals surface area contributed by atoms with E-state index in [0.717, 1.165) is 12.2 Å². The zero-order valence-corrected chi connectivity index (χ0v) is 11.0. The van der Waals surface area contributed by atoms with Gasteiger partial charge in [-0.3, -0.25) is 0 Å². The van der Waals surface area contributed by atoms with Crippen LogP contribution in [0.4, 0.5) is 5.69 Å².